The summed E-state index contributed by atoms with van der Waals surface area (Å²) in [6, 6.07) is 11.4. The van der Waals surface area contributed by atoms with Gasteiger partial charge in [-0.3, -0.25) is 4.79 Å². The van der Waals surface area contributed by atoms with Gasteiger partial charge in [-0.15, -0.1) is 0 Å². The number of carbonyl (C=O) groups is 1. The topological polar surface area (TPSA) is 32.9 Å². The van der Waals surface area contributed by atoms with Gasteiger partial charge in [0, 0.05) is 41.6 Å². The van der Waals surface area contributed by atoms with Gasteiger partial charge in [0.1, 0.15) is 0 Å². The van der Waals surface area contributed by atoms with Crippen molar-refractivity contribution < 1.29 is 4.79 Å². The third-order valence-corrected chi connectivity index (χ3v) is 4.42. The number of aromatic amines is 1. The van der Waals surface area contributed by atoms with E-state index in [0.29, 0.717) is 11.1 Å². The average Bonchev–Trinajstić information content (AvgIpc) is 2.79. The van der Waals surface area contributed by atoms with E-state index in [1.54, 1.807) is 6.20 Å². The molecule has 0 atom stereocenters. The van der Waals surface area contributed by atoms with E-state index >= 15 is 0 Å². The third kappa shape index (κ3) is 2.62. The van der Waals surface area contributed by atoms with Gasteiger partial charge in [-0.25, -0.2) is 0 Å². The molecule has 0 bridgehead atoms. The first-order valence-electron chi connectivity index (χ1n) is 5.82. The summed E-state index contributed by atoms with van der Waals surface area (Å²) in [4.78, 5) is 15.8. The highest BCUT2D eigenvalue weighted by atomic mass is 79.9. The molecule has 0 aliphatic carbocycles. The second kappa shape index (κ2) is 5.47. The fourth-order valence-electron chi connectivity index (χ4n) is 2.13. The van der Waals surface area contributed by atoms with E-state index in [0.717, 1.165) is 24.3 Å². The van der Waals surface area contributed by atoms with Crippen LogP contribution in [0.3, 0.4) is 0 Å². The molecule has 2 nitrogen and oxygen atoms in total. The molecule has 100 valence electrons. The molecule has 1 aromatic heterocycles. The van der Waals surface area contributed by atoms with Crippen LogP contribution in [0.25, 0.3) is 10.9 Å². The molecule has 1 N–H and O–H groups in total. The summed E-state index contributed by atoms with van der Waals surface area (Å²) in [5.74, 6) is 0.000530. The fourth-order valence-corrected chi connectivity index (χ4v) is 3.78. The van der Waals surface area contributed by atoms with Crippen molar-refractivity contribution in [2.45, 2.75) is 0 Å². The van der Waals surface area contributed by atoms with Crippen LogP contribution in [-0.4, -0.2) is 10.8 Å². The van der Waals surface area contributed by atoms with Gasteiger partial charge in [0.15, 0.2) is 5.78 Å². The molecule has 0 amide bonds. The van der Waals surface area contributed by atoms with Crippen LogP contribution in [0.5, 0.6) is 0 Å². The Morgan fingerprint density at radius 2 is 1.60 bits per heavy atom. The Balaban J connectivity index is 2.12. The molecule has 2 aromatic carbocycles. The van der Waals surface area contributed by atoms with Crippen molar-refractivity contribution in [2.75, 3.05) is 0 Å². The first-order chi connectivity index (χ1) is 9.54. The summed E-state index contributed by atoms with van der Waals surface area (Å²) in [6.07, 6.45) is 1.76. The van der Waals surface area contributed by atoms with Crippen molar-refractivity contribution in [1.82, 2.24) is 4.98 Å². The Morgan fingerprint density at radius 1 is 0.900 bits per heavy atom. The lowest BCUT2D eigenvalue weighted by molar-refractivity contribution is 0.104. The largest absolute Gasteiger partial charge is 0.360 e. The molecule has 0 radical (unpaired) electrons. The number of fused-ring (bicyclic) bond motifs is 1. The van der Waals surface area contributed by atoms with Gasteiger partial charge >= 0.3 is 0 Å². The van der Waals surface area contributed by atoms with Crippen LogP contribution < -0.4 is 0 Å². The Labute approximate surface area is 141 Å². The van der Waals surface area contributed by atoms with Gasteiger partial charge in [-0.1, -0.05) is 53.9 Å². The number of hydrogen-bond donors (Lipinski definition) is 1. The van der Waals surface area contributed by atoms with E-state index in [4.69, 9.17) is 0 Å². The van der Waals surface area contributed by atoms with Crippen molar-refractivity contribution in [2.24, 2.45) is 0 Å². The highest BCUT2D eigenvalue weighted by Crippen LogP contribution is 2.26. The Kier molecular flexibility index (Phi) is 3.84. The van der Waals surface area contributed by atoms with Crippen LogP contribution in [0, 0.1) is 0 Å². The molecule has 0 aliphatic heterocycles. The van der Waals surface area contributed by atoms with E-state index in [9.17, 15) is 4.79 Å². The summed E-state index contributed by atoms with van der Waals surface area (Å²) < 4.78 is 2.73. The van der Waals surface area contributed by atoms with Crippen molar-refractivity contribution >= 4 is 64.5 Å². The highest BCUT2D eigenvalue weighted by molar-refractivity contribution is 9.11. The van der Waals surface area contributed by atoms with Crippen LogP contribution in [0.4, 0.5) is 0 Å². The predicted molar refractivity (Wildman–Crippen MR) is 91.3 cm³/mol. The molecule has 3 aromatic rings. The van der Waals surface area contributed by atoms with E-state index in [1.165, 1.54) is 0 Å². The smallest absolute Gasteiger partial charge is 0.195 e. The molecule has 20 heavy (non-hydrogen) atoms. The lowest BCUT2D eigenvalue weighted by Crippen LogP contribution is -2.00. The lowest BCUT2D eigenvalue weighted by Gasteiger charge is -2.02. The van der Waals surface area contributed by atoms with Crippen LogP contribution in [0.15, 0.2) is 56.0 Å². The maximum Gasteiger partial charge on any atom is 0.195 e. The minimum absolute atomic E-state index is 0.000530. The molecule has 0 fully saturated rings. The van der Waals surface area contributed by atoms with Gasteiger partial charge < -0.3 is 4.98 Å². The molecular weight excluding hydrogens is 450 g/mol. The summed E-state index contributed by atoms with van der Waals surface area (Å²) in [6.45, 7) is 0. The van der Waals surface area contributed by atoms with Gasteiger partial charge in [-0.05, 0) is 30.3 Å². The van der Waals surface area contributed by atoms with Crippen molar-refractivity contribution in [3.8, 4) is 0 Å². The number of ketones is 1. The van der Waals surface area contributed by atoms with Gasteiger partial charge in [-0.2, -0.15) is 0 Å². The Morgan fingerprint density at radius 3 is 2.30 bits per heavy atom. The number of carbonyl (C=O) groups excluding carboxylic acids is 1. The molecule has 5 heteroatoms. The van der Waals surface area contributed by atoms with Crippen molar-refractivity contribution in [1.29, 1.82) is 0 Å². The van der Waals surface area contributed by atoms with Gasteiger partial charge in [0.2, 0.25) is 0 Å². The fraction of sp³-hybridized carbons (Fsp3) is 0. The second-order valence-electron chi connectivity index (χ2n) is 4.38. The monoisotopic (exact) mass is 455 g/mol. The van der Waals surface area contributed by atoms with E-state index in [-0.39, 0.29) is 5.78 Å². The van der Waals surface area contributed by atoms with E-state index in [2.05, 4.69) is 52.8 Å². The highest BCUT2D eigenvalue weighted by Gasteiger charge is 2.15. The summed E-state index contributed by atoms with van der Waals surface area (Å²) in [7, 11) is 0. The number of rotatable bonds is 2. The normalized spacial score (nSPS) is 10.9. The summed E-state index contributed by atoms with van der Waals surface area (Å²) in [5, 5.41) is 0.925. The average molecular weight is 458 g/mol. The zero-order valence-corrected chi connectivity index (χ0v) is 14.8. The number of halogens is 3. The predicted octanol–water partition coefficient (Wildman–Crippen LogP) is 5.69. The number of aromatic nitrogens is 1. The lowest BCUT2D eigenvalue weighted by atomic mass is 10.0. The summed E-state index contributed by atoms with van der Waals surface area (Å²) in [5.41, 5.74) is 2.27. The number of H-pyrrole nitrogens is 1. The zero-order valence-electron chi connectivity index (χ0n) is 10.1. The molecule has 0 unspecified atom stereocenters. The Bertz CT molecular complexity index is 803. The quantitative estimate of drug-likeness (QED) is 0.493. The van der Waals surface area contributed by atoms with Gasteiger partial charge in [0.05, 0.1) is 0 Å². The zero-order chi connectivity index (χ0) is 14.3. The van der Waals surface area contributed by atoms with Crippen LogP contribution in [-0.2, 0) is 0 Å². The molecule has 0 saturated heterocycles. The minimum Gasteiger partial charge on any atom is -0.360 e. The van der Waals surface area contributed by atoms with E-state index < -0.39 is 0 Å². The molecule has 3 rings (SSSR count). The first-order valence-corrected chi connectivity index (χ1v) is 8.20. The second-order valence-corrected chi connectivity index (χ2v) is 7.13. The van der Waals surface area contributed by atoms with Crippen molar-refractivity contribution in [3.63, 3.8) is 0 Å². The first kappa shape index (κ1) is 14.0. The molecule has 0 spiro atoms. The third-order valence-electron chi connectivity index (χ3n) is 3.01. The maximum absolute atomic E-state index is 12.6. The SMILES string of the molecule is O=C(c1cc(Br)cc(Br)c1)c1c[nH]c2cc(Br)ccc12. The number of benzene rings is 2. The Hall–Kier alpha value is -0.910. The number of hydrogen-bond acceptors (Lipinski definition) is 1. The van der Waals surface area contributed by atoms with Crippen molar-refractivity contribution in [3.05, 3.63) is 67.1 Å². The van der Waals surface area contributed by atoms with E-state index in [1.807, 2.05) is 36.4 Å². The number of nitrogens with one attached hydrogen (secondary N) is 1. The molecule has 0 saturated carbocycles. The maximum atomic E-state index is 12.6. The van der Waals surface area contributed by atoms with Gasteiger partial charge in [0.25, 0.3) is 0 Å². The molecular formula is C15H8Br3NO. The standard InChI is InChI=1S/C15H8Br3NO/c16-9-1-2-12-13(7-19-14(12)6-9)15(20)8-3-10(17)5-11(18)4-8/h1-7,19H. The minimum atomic E-state index is 0.000530. The van der Waals surface area contributed by atoms with Crippen LogP contribution >= 0.6 is 47.8 Å². The van der Waals surface area contributed by atoms with Crippen LogP contribution in [0.1, 0.15) is 15.9 Å². The van der Waals surface area contributed by atoms with Crippen LogP contribution in [0.2, 0.25) is 0 Å². The molecule has 0 aliphatic rings. The molecule has 1 heterocycles. The summed E-state index contributed by atoms with van der Waals surface area (Å²) >= 11 is 10.2.